The molecule has 0 radical (unpaired) electrons. The van der Waals surface area contributed by atoms with Gasteiger partial charge in [0.1, 0.15) is 52.2 Å². The molecule has 7 aromatic rings. The molecule has 324 valence electrons. The smallest absolute Gasteiger partial charge is 0.338 e. The first-order chi connectivity index (χ1) is 31.5. The predicted octanol–water partition coefficient (Wildman–Crippen LogP) is 4.75. The summed E-state index contributed by atoms with van der Waals surface area (Å²) in [4.78, 5) is 31.5. The highest BCUT2D eigenvalue weighted by Gasteiger charge is 2.43. The van der Waals surface area contributed by atoms with E-state index in [1.807, 2.05) is 108 Å². The summed E-state index contributed by atoms with van der Waals surface area (Å²) in [7, 11) is 5.97. The first-order valence-corrected chi connectivity index (χ1v) is 21.2. The van der Waals surface area contributed by atoms with Crippen molar-refractivity contribution in [2.24, 2.45) is 21.1 Å². The minimum absolute atomic E-state index is 0.222. The fourth-order valence-electron chi connectivity index (χ4n) is 8.51. The van der Waals surface area contributed by atoms with E-state index in [2.05, 4.69) is 70.6 Å². The lowest BCUT2D eigenvalue weighted by molar-refractivity contribution is -0.671. The summed E-state index contributed by atoms with van der Waals surface area (Å²) >= 11 is 0. The standard InChI is InChI=1S/C51H45N7O7/c1-56-22-16-30(17-23-56)44-36-10-8-34(52-36)43(29-4-6-33(7-5-29)50(62)64-28-42-47(59)48(60)49(61)51(63)65-42)35-9-11-37(53-35)45(31-18-24-57(2)25-19-31)39-13-15-41(55-39)46(40-14-12-38(44)54-40)32-20-26-58(3)27-21-32/h4-27,42,47-49,51,59-61,63H,28H2,1-3H3,(H,52,53,54,55)/q+2/p+1/t42-,47+,48+,49-,51?/m1/s1. The monoisotopic (exact) mass is 868 g/mol. The Morgan fingerprint density at radius 3 is 1.37 bits per heavy atom. The number of aliphatic hydroxyl groups is 4. The molecule has 1 unspecified atom stereocenters. The highest BCUT2D eigenvalue weighted by molar-refractivity contribution is 6.00. The number of hydrogen-bond acceptors (Lipinski definition) is 9. The lowest BCUT2D eigenvalue weighted by Crippen LogP contribution is -2.58. The van der Waals surface area contributed by atoms with Crippen molar-refractivity contribution in [2.45, 2.75) is 30.7 Å². The molecule has 3 aliphatic rings. The molecule has 0 saturated carbocycles. The number of rotatable bonds is 7. The molecule has 0 amide bonds. The maximum absolute atomic E-state index is 13.3. The summed E-state index contributed by atoms with van der Waals surface area (Å²) in [6.45, 7) is -0.463. The molecule has 1 saturated heterocycles. The van der Waals surface area contributed by atoms with Crippen molar-refractivity contribution in [2.75, 3.05) is 6.61 Å². The SMILES string of the molecule is C[n+]1ccc(-c2c3nc(c(-c4ccc(C(=O)OC[C@H]5OC(O)[C@H](O)[C@@H](O)[C@H]5O)cc4)c4ccc([nH]4)c(-c4cc[n+](C)cc4)c4ccc([nH]4)c(-c4cc[n+](C)cc4)c4nc2C=C4)C=C3)cc1. The molecule has 0 spiro atoms. The average molecular weight is 869 g/mol. The van der Waals surface area contributed by atoms with Crippen molar-refractivity contribution in [3.63, 3.8) is 0 Å². The number of esters is 1. The molecular formula is C51H46N7O7+3. The van der Waals surface area contributed by atoms with Crippen LogP contribution >= 0.6 is 0 Å². The number of aryl methyl sites for hydroxylation is 3. The van der Waals surface area contributed by atoms with Gasteiger partial charge in [0.15, 0.2) is 43.5 Å². The first-order valence-electron chi connectivity index (χ1n) is 21.2. The third-order valence-electron chi connectivity index (χ3n) is 12.0. The van der Waals surface area contributed by atoms with E-state index >= 15 is 0 Å². The van der Waals surface area contributed by atoms with Gasteiger partial charge in [0.2, 0.25) is 0 Å². The highest BCUT2D eigenvalue weighted by Crippen LogP contribution is 2.38. The van der Waals surface area contributed by atoms with Crippen molar-refractivity contribution >= 4 is 52.3 Å². The Balaban J connectivity index is 1.18. The molecule has 14 heteroatoms. The molecule has 0 aliphatic carbocycles. The van der Waals surface area contributed by atoms with Crippen LogP contribution in [0, 0.1) is 0 Å². The van der Waals surface area contributed by atoms with Gasteiger partial charge in [-0.05, 0) is 83.0 Å². The van der Waals surface area contributed by atoms with Gasteiger partial charge in [-0.3, -0.25) is 0 Å². The zero-order chi connectivity index (χ0) is 44.9. The van der Waals surface area contributed by atoms with Gasteiger partial charge in [0, 0.05) is 80.7 Å². The van der Waals surface area contributed by atoms with E-state index in [1.54, 1.807) is 12.1 Å². The number of ether oxygens (including phenoxy) is 2. The molecule has 5 atom stereocenters. The summed E-state index contributed by atoms with van der Waals surface area (Å²) in [6, 6.07) is 27.7. The van der Waals surface area contributed by atoms with Crippen molar-refractivity contribution in [3.8, 4) is 44.5 Å². The Morgan fingerprint density at radius 1 is 0.523 bits per heavy atom. The van der Waals surface area contributed by atoms with Gasteiger partial charge in [0.05, 0.1) is 28.3 Å². The maximum atomic E-state index is 13.3. The van der Waals surface area contributed by atoms with Gasteiger partial charge in [-0.25, -0.2) is 28.5 Å². The molecule has 6 N–H and O–H groups in total. The fraction of sp³-hybridized carbons (Fsp3) is 0.176. The van der Waals surface area contributed by atoms with Crippen LogP contribution in [0.4, 0.5) is 0 Å². The quantitative estimate of drug-likeness (QED) is 0.0972. The second-order valence-corrected chi connectivity index (χ2v) is 16.5. The number of aliphatic hydroxyl groups excluding tert-OH is 4. The molecule has 65 heavy (non-hydrogen) atoms. The molecule has 14 nitrogen and oxygen atoms in total. The van der Waals surface area contributed by atoms with Gasteiger partial charge < -0.3 is 39.9 Å². The number of pyridine rings is 3. The first kappa shape index (κ1) is 41.5. The van der Waals surface area contributed by atoms with Crippen LogP contribution in [0.2, 0.25) is 0 Å². The second-order valence-electron chi connectivity index (χ2n) is 16.5. The largest absolute Gasteiger partial charge is 0.459 e. The van der Waals surface area contributed by atoms with Crippen LogP contribution in [0.25, 0.3) is 90.9 Å². The molecule has 10 rings (SSSR count). The van der Waals surface area contributed by atoms with Crippen molar-refractivity contribution < 1.29 is 48.4 Å². The number of carbonyl (C=O) groups excluding carboxylic acids is 1. The number of nitrogens with one attached hydrogen (secondary N) is 2. The van der Waals surface area contributed by atoms with Gasteiger partial charge in [-0.15, -0.1) is 0 Å². The molecule has 6 aromatic heterocycles. The number of carbonyl (C=O) groups is 1. The van der Waals surface area contributed by atoms with Crippen LogP contribution in [0.1, 0.15) is 33.1 Å². The summed E-state index contributed by atoms with van der Waals surface area (Å²) in [6.07, 6.45) is 12.3. The number of hydrogen-bond donors (Lipinski definition) is 6. The predicted molar refractivity (Wildman–Crippen MR) is 243 cm³/mol. The number of nitrogens with zero attached hydrogens (tertiary/aromatic N) is 5. The van der Waals surface area contributed by atoms with Crippen LogP contribution < -0.4 is 13.7 Å². The molecule has 1 aromatic carbocycles. The van der Waals surface area contributed by atoms with E-state index in [0.717, 1.165) is 83.7 Å². The highest BCUT2D eigenvalue weighted by atomic mass is 16.6. The van der Waals surface area contributed by atoms with Crippen LogP contribution in [0.15, 0.2) is 122 Å². The van der Waals surface area contributed by atoms with Gasteiger partial charge in [-0.2, -0.15) is 0 Å². The summed E-state index contributed by atoms with van der Waals surface area (Å²) in [5, 5.41) is 40.3. The van der Waals surface area contributed by atoms with E-state index in [9.17, 15) is 25.2 Å². The van der Waals surface area contributed by atoms with Crippen LogP contribution in [-0.2, 0) is 30.6 Å². The second kappa shape index (κ2) is 16.9. The van der Waals surface area contributed by atoms with E-state index < -0.39 is 43.3 Å². The molecule has 8 bridgehead atoms. The normalized spacial score (nSPS) is 19.1. The fourth-order valence-corrected chi connectivity index (χ4v) is 8.51. The lowest BCUT2D eigenvalue weighted by Gasteiger charge is -2.37. The Kier molecular flexibility index (Phi) is 10.8. The average Bonchev–Trinajstić information content (AvgIpc) is 4.17. The zero-order valence-corrected chi connectivity index (χ0v) is 35.7. The van der Waals surface area contributed by atoms with Crippen LogP contribution in [-0.4, -0.2) is 83.6 Å². The van der Waals surface area contributed by atoms with E-state index in [-0.39, 0.29) is 5.56 Å². The summed E-state index contributed by atoms with van der Waals surface area (Å²) in [5.74, 6) is -0.708. The van der Waals surface area contributed by atoms with Gasteiger partial charge in [-0.1, -0.05) is 12.1 Å². The Bertz CT molecular complexity index is 3200. The third kappa shape index (κ3) is 7.94. The third-order valence-corrected chi connectivity index (χ3v) is 12.0. The number of fused-ring (bicyclic) bond motifs is 8. The van der Waals surface area contributed by atoms with E-state index in [0.29, 0.717) is 5.69 Å². The maximum Gasteiger partial charge on any atom is 0.338 e. The minimum atomic E-state index is -1.75. The van der Waals surface area contributed by atoms with Crippen molar-refractivity contribution in [1.29, 1.82) is 0 Å². The molecular weight excluding hydrogens is 823 g/mol. The van der Waals surface area contributed by atoms with Crippen molar-refractivity contribution in [3.05, 3.63) is 150 Å². The van der Waals surface area contributed by atoms with Gasteiger partial charge >= 0.3 is 5.97 Å². The van der Waals surface area contributed by atoms with Crippen LogP contribution in [0.3, 0.4) is 0 Å². The Labute approximate surface area is 373 Å². The number of aromatic nitrogens is 7. The van der Waals surface area contributed by atoms with E-state index in [4.69, 9.17) is 19.4 Å². The number of benzene rings is 1. The summed E-state index contributed by atoms with van der Waals surface area (Å²) in [5.41, 5.74) is 13.9. The topological polar surface area (TPSA) is 185 Å². The number of aromatic amines is 2. The minimum Gasteiger partial charge on any atom is -0.459 e. The lowest BCUT2D eigenvalue weighted by atomic mass is 9.99. The number of H-pyrrole nitrogens is 2. The molecule has 9 heterocycles. The molecule has 3 aliphatic heterocycles. The van der Waals surface area contributed by atoms with Crippen LogP contribution in [0.5, 0.6) is 0 Å². The van der Waals surface area contributed by atoms with Gasteiger partial charge in [0.25, 0.3) is 0 Å². The van der Waals surface area contributed by atoms with Crippen molar-refractivity contribution in [1.82, 2.24) is 19.9 Å². The summed E-state index contributed by atoms with van der Waals surface area (Å²) < 4.78 is 16.6. The zero-order valence-electron chi connectivity index (χ0n) is 35.7. The van der Waals surface area contributed by atoms with E-state index in [1.165, 1.54) is 0 Å². The Hall–Kier alpha value is -7.46. The Morgan fingerprint density at radius 2 is 0.908 bits per heavy atom. The molecule has 1 fully saturated rings.